The molecule has 1 unspecified atom stereocenters. The molecular formula is C18H17N3O2S. The van der Waals surface area contributed by atoms with Crippen LogP contribution in [0.4, 0.5) is 5.82 Å². The van der Waals surface area contributed by atoms with Crippen LogP contribution in [0.3, 0.4) is 0 Å². The maximum absolute atomic E-state index is 12.6. The second-order valence-electron chi connectivity index (χ2n) is 5.20. The van der Waals surface area contributed by atoms with E-state index in [9.17, 15) is 9.90 Å². The van der Waals surface area contributed by atoms with E-state index in [4.69, 9.17) is 0 Å². The Morgan fingerprint density at radius 1 is 1.21 bits per heavy atom. The van der Waals surface area contributed by atoms with Crippen LogP contribution in [-0.2, 0) is 0 Å². The minimum atomic E-state index is -0.325. The second kappa shape index (κ2) is 7.14. The first-order valence-electron chi connectivity index (χ1n) is 7.44. The van der Waals surface area contributed by atoms with Crippen LogP contribution in [-0.4, -0.2) is 23.0 Å². The number of pyridine rings is 1. The highest BCUT2D eigenvalue weighted by molar-refractivity contribution is 7.10. The van der Waals surface area contributed by atoms with Crippen LogP contribution >= 0.6 is 11.3 Å². The third-order valence-corrected chi connectivity index (χ3v) is 4.53. The van der Waals surface area contributed by atoms with Crippen LogP contribution in [0.5, 0.6) is 5.75 Å². The van der Waals surface area contributed by atoms with Gasteiger partial charge in [-0.2, -0.15) is 0 Å². The number of carbonyl (C=O) groups is 1. The van der Waals surface area contributed by atoms with Crippen molar-refractivity contribution in [3.63, 3.8) is 0 Å². The standard InChI is InChI=1S/C18H17N3O2S/c1-19-16-8-7-13(11-20-16)18(23)21-17(15-6-3-9-24-15)12-4-2-5-14(22)10-12/h2-11,17,22H,1H3,(H,19,20)(H,21,23). The van der Waals surface area contributed by atoms with Gasteiger partial charge in [-0.15, -0.1) is 11.3 Å². The highest BCUT2D eigenvalue weighted by Gasteiger charge is 2.19. The quantitative estimate of drug-likeness (QED) is 0.666. The Hall–Kier alpha value is -2.86. The number of phenolic OH excluding ortho intramolecular Hbond substituents is 1. The summed E-state index contributed by atoms with van der Waals surface area (Å²) in [5.74, 6) is 0.657. The number of phenols is 1. The summed E-state index contributed by atoms with van der Waals surface area (Å²) in [5.41, 5.74) is 1.31. The van der Waals surface area contributed by atoms with Crippen LogP contribution in [0.1, 0.15) is 26.8 Å². The van der Waals surface area contributed by atoms with E-state index in [0.717, 1.165) is 10.4 Å². The lowest BCUT2D eigenvalue weighted by Gasteiger charge is -2.18. The lowest BCUT2D eigenvalue weighted by molar-refractivity contribution is 0.0943. The molecule has 5 nitrogen and oxygen atoms in total. The third-order valence-electron chi connectivity index (χ3n) is 3.59. The Labute approximate surface area is 144 Å². The minimum absolute atomic E-state index is 0.170. The highest BCUT2D eigenvalue weighted by Crippen LogP contribution is 2.28. The zero-order valence-electron chi connectivity index (χ0n) is 13.1. The summed E-state index contributed by atoms with van der Waals surface area (Å²) in [5, 5.41) is 17.6. The van der Waals surface area contributed by atoms with Gasteiger partial charge in [-0.25, -0.2) is 4.98 Å². The molecule has 0 saturated heterocycles. The number of benzene rings is 1. The first-order chi connectivity index (χ1) is 11.7. The van der Waals surface area contributed by atoms with E-state index in [2.05, 4.69) is 15.6 Å². The number of hydrogen-bond donors (Lipinski definition) is 3. The molecule has 3 aromatic rings. The molecule has 0 aliphatic heterocycles. The van der Waals surface area contributed by atoms with Gasteiger partial charge in [0.15, 0.2) is 0 Å². The molecule has 0 bridgehead atoms. The molecule has 0 fully saturated rings. The molecule has 1 atom stereocenters. The average molecular weight is 339 g/mol. The van der Waals surface area contributed by atoms with Crippen LogP contribution in [0.15, 0.2) is 60.1 Å². The summed E-state index contributed by atoms with van der Waals surface area (Å²) >= 11 is 1.55. The number of nitrogens with zero attached hydrogens (tertiary/aromatic N) is 1. The summed E-state index contributed by atoms with van der Waals surface area (Å²) in [6.45, 7) is 0. The van der Waals surface area contributed by atoms with Crippen molar-refractivity contribution in [2.24, 2.45) is 0 Å². The van der Waals surface area contributed by atoms with Crippen molar-refractivity contribution >= 4 is 23.1 Å². The van der Waals surface area contributed by atoms with Crippen LogP contribution in [0.2, 0.25) is 0 Å². The number of anilines is 1. The van der Waals surface area contributed by atoms with Gasteiger partial charge in [0.05, 0.1) is 11.6 Å². The number of carbonyl (C=O) groups excluding carboxylic acids is 1. The van der Waals surface area contributed by atoms with Crippen molar-refractivity contribution in [3.8, 4) is 5.75 Å². The summed E-state index contributed by atoms with van der Waals surface area (Å²) in [6.07, 6.45) is 1.54. The van der Waals surface area contributed by atoms with Crippen molar-refractivity contribution < 1.29 is 9.90 Å². The van der Waals surface area contributed by atoms with E-state index in [1.165, 1.54) is 6.20 Å². The Bertz CT molecular complexity index is 817. The van der Waals surface area contributed by atoms with E-state index in [0.29, 0.717) is 11.4 Å². The molecule has 1 aromatic carbocycles. The average Bonchev–Trinajstić information content (AvgIpc) is 3.14. The van der Waals surface area contributed by atoms with Gasteiger partial charge in [-0.3, -0.25) is 4.79 Å². The topological polar surface area (TPSA) is 74.2 Å². The maximum Gasteiger partial charge on any atom is 0.253 e. The lowest BCUT2D eigenvalue weighted by atomic mass is 10.0. The van der Waals surface area contributed by atoms with Gasteiger partial charge in [-0.05, 0) is 41.3 Å². The normalized spacial score (nSPS) is 11.7. The monoisotopic (exact) mass is 339 g/mol. The summed E-state index contributed by atoms with van der Waals surface area (Å²) in [7, 11) is 1.77. The molecule has 2 heterocycles. The number of nitrogens with one attached hydrogen (secondary N) is 2. The number of thiophene rings is 1. The Morgan fingerprint density at radius 2 is 2.08 bits per heavy atom. The summed E-state index contributed by atoms with van der Waals surface area (Å²) in [6, 6.07) is 14.0. The maximum atomic E-state index is 12.6. The fraction of sp³-hybridized carbons (Fsp3) is 0.111. The van der Waals surface area contributed by atoms with Crippen LogP contribution in [0.25, 0.3) is 0 Å². The van der Waals surface area contributed by atoms with Crippen molar-refractivity contribution in [1.82, 2.24) is 10.3 Å². The van der Waals surface area contributed by atoms with E-state index >= 15 is 0 Å². The zero-order chi connectivity index (χ0) is 16.9. The molecule has 0 saturated carbocycles. The molecule has 0 radical (unpaired) electrons. The molecule has 3 N–H and O–H groups in total. The number of aromatic nitrogens is 1. The summed E-state index contributed by atoms with van der Waals surface area (Å²) < 4.78 is 0. The Kier molecular flexibility index (Phi) is 4.77. The molecule has 0 aliphatic rings. The molecule has 6 heteroatoms. The first-order valence-corrected chi connectivity index (χ1v) is 8.32. The molecule has 0 spiro atoms. The molecule has 122 valence electrons. The highest BCUT2D eigenvalue weighted by atomic mass is 32.1. The van der Waals surface area contributed by atoms with E-state index < -0.39 is 0 Å². The van der Waals surface area contributed by atoms with E-state index in [-0.39, 0.29) is 17.7 Å². The zero-order valence-corrected chi connectivity index (χ0v) is 13.9. The van der Waals surface area contributed by atoms with Crippen molar-refractivity contribution in [2.45, 2.75) is 6.04 Å². The molecule has 24 heavy (non-hydrogen) atoms. The fourth-order valence-corrected chi connectivity index (χ4v) is 3.17. The number of amides is 1. The molecule has 3 rings (SSSR count). The molecular weight excluding hydrogens is 322 g/mol. The minimum Gasteiger partial charge on any atom is -0.508 e. The largest absolute Gasteiger partial charge is 0.508 e. The van der Waals surface area contributed by atoms with Crippen LogP contribution < -0.4 is 10.6 Å². The molecule has 1 amide bonds. The second-order valence-corrected chi connectivity index (χ2v) is 6.18. The Morgan fingerprint density at radius 3 is 2.71 bits per heavy atom. The predicted molar refractivity (Wildman–Crippen MR) is 95.5 cm³/mol. The van der Waals surface area contributed by atoms with Gasteiger partial charge in [0.2, 0.25) is 0 Å². The number of hydrogen-bond acceptors (Lipinski definition) is 5. The van der Waals surface area contributed by atoms with Gasteiger partial charge >= 0.3 is 0 Å². The van der Waals surface area contributed by atoms with Gasteiger partial charge in [0, 0.05) is 18.1 Å². The molecule has 2 aromatic heterocycles. The lowest BCUT2D eigenvalue weighted by Crippen LogP contribution is -2.28. The SMILES string of the molecule is CNc1ccc(C(=O)NC(c2cccc(O)c2)c2cccs2)cn1. The van der Waals surface area contributed by atoms with E-state index in [1.54, 1.807) is 48.7 Å². The molecule has 0 aliphatic carbocycles. The summed E-state index contributed by atoms with van der Waals surface area (Å²) in [4.78, 5) is 17.7. The van der Waals surface area contributed by atoms with Crippen molar-refractivity contribution in [2.75, 3.05) is 12.4 Å². The third kappa shape index (κ3) is 3.55. The predicted octanol–water partition coefficient (Wildman–Crippen LogP) is 3.41. The van der Waals surface area contributed by atoms with Crippen LogP contribution in [0, 0.1) is 0 Å². The van der Waals surface area contributed by atoms with Crippen molar-refractivity contribution in [3.05, 3.63) is 76.1 Å². The van der Waals surface area contributed by atoms with Crippen molar-refractivity contribution in [1.29, 1.82) is 0 Å². The van der Waals surface area contributed by atoms with Gasteiger partial charge < -0.3 is 15.7 Å². The van der Waals surface area contributed by atoms with Gasteiger partial charge in [0.25, 0.3) is 5.91 Å². The smallest absolute Gasteiger partial charge is 0.253 e. The van der Waals surface area contributed by atoms with Gasteiger partial charge in [0.1, 0.15) is 11.6 Å². The van der Waals surface area contributed by atoms with E-state index in [1.807, 2.05) is 23.6 Å². The van der Waals surface area contributed by atoms with Gasteiger partial charge in [-0.1, -0.05) is 18.2 Å². The number of aromatic hydroxyl groups is 1. The fourth-order valence-electron chi connectivity index (χ4n) is 2.37. The first kappa shape index (κ1) is 16.0. The number of rotatable bonds is 5. The Balaban J connectivity index is 1.87.